The lowest BCUT2D eigenvalue weighted by molar-refractivity contribution is -0.0499. The molecule has 3 aromatic rings. The summed E-state index contributed by atoms with van der Waals surface area (Å²) in [6.45, 7) is -2.87. The number of hydrogen-bond donors (Lipinski definition) is 0. The van der Waals surface area contributed by atoms with Gasteiger partial charge >= 0.3 is 6.61 Å². The molecule has 8 heteroatoms. The van der Waals surface area contributed by atoms with Gasteiger partial charge in [-0.3, -0.25) is 0 Å². The number of oxime groups is 1. The van der Waals surface area contributed by atoms with Crippen LogP contribution in [0.1, 0.15) is 11.3 Å². The second kappa shape index (κ2) is 8.44. The minimum absolute atomic E-state index is 0.0135. The van der Waals surface area contributed by atoms with E-state index >= 15 is 0 Å². The first-order valence-corrected chi connectivity index (χ1v) is 7.90. The van der Waals surface area contributed by atoms with Crippen molar-refractivity contribution < 1.29 is 22.9 Å². The van der Waals surface area contributed by atoms with Gasteiger partial charge < -0.3 is 14.1 Å². The van der Waals surface area contributed by atoms with E-state index < -0.39 is 6.61 Å². The zero-order valence-electron chi connectivity index (χ0n) is 13.3. The normalized spacial score (nSPS) is 11.2. The summed E-state index contributed by atoms with van der Waals surface area (Å²) in [6, 6.07) is 15.1. The van der Waals surface area contributed by atoms with E-state index in [1.54, 1.807) is 36.4 Å². The molecule has 0 radical (unpaired) electrons. The van der Waals surface area contributed by atoms with Crippen molar-refractivity contribution in [2.45, 2.75) is 13.2 Å². The minimum atomic E-state index is -2.91. The predicted molar refractivity (Wildman–Crippen MR) is 92.4 cm³/mol. The average molecular weight is 379 g/mol. The third kappa shape index (κ3) is 4.80. The molecule has 0 aliphatic carbocycles. The molecular formula is C18H13ClF2N2O3. The SMILES string of the molecule is FC(F)Oc1ccccc1/C=N/OCc1cc(-c2ccc(Cl)cc2)no1. The van der Waals surface area contributed by atoms with Crippen LogP contribution in [0.5, 0.6) is 5.75 Å². The summed E-state index contributed by atoms with van der Waals surface area (Å²) < 4.78 is 34.3. The van der Waals surface area contributed by atoms with Crippen LogP contribution in [0, 0.1) is 0 Å². The molecule has 0 spiro atoms. The number of benzene rings is 2. The van der Waals surface area contributed by atoms with Crippen molar-refractivity contribution in [3.05, 3.63) is 70.9 Å². The second-order valence-corrected chi connectivity index (χ2v) is 5.55. The Morgan fingerprint density at radius 2 is 1.92 bits per heavy atom. The van der Waals surface area contributed by atoms with Gasteiger partial charge in [0.25, 0.3) is 0 Å². The summed E-state index contributed by atoms with van der Waals surface area (Å²) >= 11 is 5.85. The minimum Gasteiger partial charge on any atom is -0.434 e. The number of ether oxygens (including phenoxy) is 1. The van der Waals surface area contributed by atoms with Crippen LogP contribution in [0.2, 0.25) is 5.02 Å². The summed E-state index contributed by atoms with van der Waals surface area (Å²) in [5.74, 6) is 0.476. The Hall–Kier alpha value is -2.93. The molecule has 0 aliphatic heterocycles. The fourth-order valence-electron chi connectivity index (χ4n) is 2.12. The Bertz CT molecular complexity index is 882. The van der Waals surface area contributed by atoms with Crippen molar-refractivity contribution in [1.29, 1.82) is 0 Å². The van der Waals surface area contributed by atoms with Gasteiger partial charge in [0, 0.05) is 22.2 Å². The Labute approximate surface area is 152 Å². The molecule has 0 N–H and O–H groups in total. The van der Waals surface area contributed by atoms with E-state index in [1.165, 1.54) is 12.3 Å². The molecule has 2 aromatic carbocycles. The van der Waals surface area contributed by atoms with E-state index in [2.05, 4.69) is 15.0 Å². The number of aromatic nitrogens is 1. The van der Waals surface area contributed by atoms with Crippen LogP contribution in [-0.4, -0.2) is 18.0 Å². The molecule has 1 heterocycles. The molecule has 0 fully saturated rings. The van der Waals surface area contributed by atoms with Crippen LogP contribution in [0.4, 0.5) is 8.78 Å². The molecule has 134 valence electrons. The Morgan fingerprint density at radius 1 is 1.15 bits per heavy atom. The lowest BCUT2D eigenvalue weighted by atomic mass is 10.1. The Balaban J connectivity index is 1.59. The van der Waals surface area contributed by atoms with E-state index in [9.17, 15) is 8.78 Å². The molecule has 0 saturated carbocycles. The smallest absolute Gasteiger partial charge is 0.387 e. The molecule has 0 saturated heterocycles. The van der Waals surface area contributed by atoms with Gasteiger partial charge in [0.15, 0.2) is 12.4 Å². The number of para-hydroxylation sites is 1. The van der Waals surface area contributed by atoms with E-state index in [4.69, 9.17) is 21.0 Å². The van der Waals surface area contributed by atoms with Gasteiger partial charge in [0.1, 0.15) is 11.4 Å². The highest BCUT2D eigenvalue weighted by molar-refractivity contribution is 6.30. The molecule has 0 aliphatic rings. The lowest BCUT2D eigenvalue weighted by Crippen LogP contribution is -2.04. The van der Waals surface area contributed by atoms with Crippen molar-refractivity contribution in [3.8, 4) is 17.0 Å². The quantitative estimate of drug-likeness (QED) is 0.421. The Kier molecular flexibility index (Phi) is 5.80. The Morgan fingerprint density at radius 3 is 2.69 bits per heavy atom. The monoisotopic (exact) mass is 378 g/mol. The average Bonchev–Trinajstić information content (AvgIpc) is 3.09. The molecule has 0 amide bonds. The molecule has 1 aromatic heterocycles. The molecule has 3 rings (SSSR count). The molecule has 0 unspecified atom stereocenters. The van der Waals surface area contributed by atoms with Crippen LogP contribution in [0.25, 0.3) is 11.3 Å². The van der Waals surface area contributed by atoms with Crippen LogP contribution in [0.15, 0.2) is 64.3 Å². The third-order valence-corrected chi connectivity index (χ3v) is 3.56. The van der Waals surface area contributed by atoms with E-state index in [0.717, 1.165) is 5.56 Å². The van der Waals surface area contributed by atoms with Crippen molar-refractivity contribution in [3.63, 3.8) is 0 Å². The number of nitrogens with zero attached hydrogens (tertiary/aromatic N) is 2. The highest BCUT2D eigenvalue weighted by atomic mass is 35.5. The summed E-state index contributed by atoms with van der Waals surface area (Å²) in [5, 5.41) is 8.32. The lowest BCUT2D eigenvalue weighted by Gasteiger charge is -2.06. The second-order valence-electron chi connectivity index (χ2n) is 5.11. The van der Waals surface area contributed by atoms with Gasteiger partial charge in [-0.15, -0.1) is 0 Å². The summed E-state index contributed by atoms with van der Waals surface area (Å²) in [5.41, 5.74) is 1.86. The number of rotatable bonds is 7. The topological polar surface area (TPSA) is 56.9 Å². The van der Waals surface area contributed by atoms with E-state index in [1.807, 2.05) is 12.1 Å². The number of alkyl halides is 2. The van der Waals surface area contributed by atoms with Crippen molar-refractivity contribution in [1.82, 2.24) is 5.16 Å². The maximum absolute atomic E-state index is 12.3. The molecule has 0 bridgehead atoms. The fraction of sp³-hybridized carbons (Fsp3) is 0.111. The molecular weight excluding hydrogens is 366 g/mol. The molecule has 5 nitrogen and oxygen atoms in total. The summed E-state index contributed by atoms with van der Waals surface area (Å²) in [7, 11) is 0. The van der Waals surface area contributed by atoms with Crippen LogP contribution in [-0.2, 0) is 11.4 Å². The van der Waals surface area contributed by atoms with Crippen molar-refractivity contribution in [2.75, 3.05) is 0 Å². The number of hydrogen-bond acceptors (Lipinski definition) is 5. The van der Waals surface area contributed by atoms with Gasteiger partial charge in [-0.25, -0.2) is 0 Å². The van der Waals surface area contributed by atoms with Gasteiger partial charge in [-0.05, 0) is 24.3 Å². The van der Waals surface area contributed by atoms with Crippen molar-refractivity contribution in [2.24, 2.45) is 5.16 Å². The molecule has 0 atom stereocenters. The van der Waals surface area contributed by atoms with Gasteiger partial charge in [-0.1, -0.05) is 46.2 Å². The van der Waals surface area contributed by atoms with Crippen LogP contribution < -0.4 is 4.74 Å². The third-order valence-electron chi connectivity index (χ3n) is 3.31. The number of halogens is 3. The van der Waals surface area contributed by atoms with E-state index in [0.29, 0.717) is 22.0 Å². The molecule has 26 heavy (non-hydrogen) atoms. The largest absolute Gasteiger partial charge is 0.434 e. The van der Waals surface area contributed by atoms with Gasteiger partial charge in [0.05, 0.1) is 6.21 Å². The van der Waals surface area contributed by atoms with Gasteiger partial charge in [0.2, 0.25) is 0 Å². The first kappa shape index (κ1) is 17.9. The summed E-state index contributed by atoms with van der Waals surface area (Å²) in [4.78, 5) is 5.12. The fourth-order valence-corrected chi connectivity index (χ4v) is 2.25. The zero-order valence-corrected chi connectivity index (χ0v) is 14.1. The summed E-state index contributed by atoms with van der Waals surface area (Å²) in [6.07, 6.45) is 1.29. The first-order valence-electron chi connectivity index (χ1n) is 7.52. The highest BCUT2D eigenvalue weighted by Crippen LogP contribution is 2.22. The van der Waals surface area contributed by atoms with Gasteiger partial charge in [-0.2, -0.15) is 8.78 Å². The zero-order chi connectivity index (χ0) is 18.4. The maximum Gasteiger partial charge on any atom is 0.387 e. The van der Waals surface area contributed by atoms with Crippen LogP contribution >= 0.6 is 11.6 Å². The van der Waals surface area contributed by atoms with Crippen molar-refractivity contribution >= 4 is 17.8 Å². The maximum atomic E-state index is 12.3. The van der Waals surface area contributed by atoms with Crippen LogP contribution in [0.3, 0.4) is 0 Å². The van der Waals surface area contributed by atoms with E-state index in [-0.39, 0.29) is 12.4 Å². The highest BCUT2D eigenvalue weighted by Gasteiger charge is 2.08. The first-order chi connectivity index (χ1) is 12.6. The predicted octanol–water partition coefficient (Wildman–Crippen LogP) is 5.15. The standard InChI is InChI=1S/C18H13ClF2N2O3/c19-14-7-5-12(6-8-14)16-9-15(26-23-16)11-24-22-10-13-3-1-2-4-17(13)25-18(20)21/h1-10,18H,11H2/b22-10+.